The summed E-state index contributed by atoms with van der Waals surface area (Å²) < 4.78 is 1.96. The molecule has 3 heteroatoms. The molecule has 3 nitrogen and oxygen atoms in total. The molecule has 68 valence electrons. The molecule has 0 radical (unpaired) electrons. The van der Waals surface area contributed by atoms with Crippen molar-refractivity contribution in [2.75, 3.05) is 0 Å². The SMILES string of the molecule is N#Cc1nn2c3c(cccc13)CCC2. The van der Waals surface area contributed by atoms with Crippen molar-refractivity contribution in [3.05, 3.63) is 29.5 Å². The minimum absolute atomic E-state index is 0.559. The van der Waals surface area contributed by atoms with E-state index in [0.717, 1.165) is 30.3 Å². The van der Waals surface area contributed by atoms with Crippen LogP contribution in [0.15, 0.2) is 18.2 Å². The van der Waals surface area contributed by atoms with Crippen LogP contribution in [0.2, 0.25) is 0 Å². The molecule has 0 saturated carbocycles. The zero-order valence-corrected chi connectivity index (χ0v) is 7.70. The van der Waals surface area contributed by atoms with E-state index in [4.69, 9.17) is 5.26 Å². The van der Waals surface area contributed by atoms with Crippen LogP contribution in [0.25, 0.3) is 10.9 Å². The van der Waals surface area contributed by atoms with E-state index in [9.17, 15) is 0 Å². The van der Waals surface area contributed by atoms with Gasteiger partial charge in [0.25, 0.3) is 0 Å². The number of nitriles is 1. The largest absolute Gasteiger partial charge is 0.263 e. The minimum Gasteiger partial charge on any atom is -0.263 e. The zero-order valence-electron chi connectivity index (χ0n) is 7.70. The van der Waals surface area contributed by atoms with Gasteiger partial charge in [-0.3, -0.25) is 4.68 Å². The Hall–Kier alpha value is -1.82. The van der Waals surface area contributed by atoms with E-state index in [1.165, 1.54) is 5.56 Å². The van der Waals surface area contributed by atoms with Crippen LogP contribution in [0.3, 0.4) is 0 Å². The number of hydrogen-bond donors (Lipinski definition) is 0. The van der Waals surface area contributed by atoms with E-state index in [2.05, 4.69) is 17.2 Å². The molecule has 0 atom stereocenters. The van der Waals surface area contributed by atoms with E-state index in [-0.39, 0.29) is 0 Å². The van der Waals surface area contributed by atoms with Gasteiger partial charge >= 0.3 is 0 Å². The summed E-state index contributed by atoms with van der Waals surface area (Å²) in [5.74, 6) is 0. The lowest BCUT2D eigenvalue weighted by Gasteiger charge is -2.12. The number of aromatic nitrogens is 2. The highest BCUT2D eigenvalue weighted by Crippen LogP contribution is 2.26. The Morgan fingerprint density at radius 1 is 1.43 bits per heavy atom. The number of rotatable bonds is 0. The van der Waals surface area contributed by atoms with Crippen molar-refractivity contribution in [3.8, 4) is 6.07 Å². The van der Waals surface area contributed by atoms with Gasteiger partial charge < -0.3 is 0 Å². The van der Waals surface area contributed by atoms with Crippen LogP contribution in [0.4, 0.5) is 0 Å². The zero-order chi connectivity index (χ0) is 9.54. The molecule has 1 aliphatic rings. The Kier molecular flexibility index (Phi) is 1.40. The maximum atomic E-state index is 8.93. The molecule has 1 aliphatic heterocycles. The molecule has 1 aromatic heterocycles. The number of nitrogens with zero attached hydrogens (tertiary/aromatic N) is 3. The number of hydrogen-bond acceptors (Lipinski definition) is 2. The number of aryl methyl sites for hydroxylation is 2. The molecule has 3 rings (SSSR count). The topological polar surface area (TPSA) is 41.6 Å². The summed E-state index contributed by atoms with van der Waals surface area (Å²) >= 11 is 0. The average Bonchev–Trinajstić information content (AvgIpc) is 2.60. The first kappa shape index (κ1) is 7.57. The molecule has 1 aromatic carbocycles. The third-order valence-electron chi connectivity index (χ3n) is 2.78. The molecule has 2 heterocycles. The Balaban J connectivity index is 2.49. The summed E-state index contributed by atoms with van der Waals surface area (Å²) in [5, 5.41) is 14.2. The first-order chi connectivity index (χ1) is 6.90. The van der Waals surface area contributed by atoms with Crippen molar-refractivity contribution in [2.24, 2.45) is 0 Å². The van der Waals surface area contributed by atoms with Gasteiger partial charge in [-0.2, -0.15) is 10.4 Å². The van der Waals surface area contributed by atoms with Gasteiger partial charge in [-0.25, -0.2) is 0 Å². The highest BCUT2D eigenvalue weighted by molar-refractivity contribution is 5.87. The van der Waals surface area contributed by atoms with Crippen LogP contribution < -0.4 is 0 Å². The Bertz CT molecular complexity index is 545. The standard InChI is InChI=1S/C11H9N3/c12-7-10-9-5-1-3-8-4-2-6-14(13-10)11(8)9/h1,3,5H,2,4,6H2. The third-order valence-corrected chi connectivity index (χ3v) is 2.78. The van der Waals surface area contributed by atoms with Crippen molar-refractivity contribution in [2.45, 2.75) is 19.4 Å². The fraction of sp³-hybridized carbons (Fsp3) is 0.273. The maximum Gasteiger partial charge on any atom is 0.170 e. The molecule has 0 N–H and O–H groups in total. The first-order valence-corrected chi connectivity index (χ1v) is 4.78. The van der Waals surface area contributed by atoms with Gasteiger partial charge in [0.05, 0.1) is 5.52 Å². The van der Waals surface area contributed by atoms with Crippen molar-refractivity contribution in [3.63, 3.8) is 0 Å². The van der Waals surface area contributed by atoms with Gasteiger partial charge in [-0.05, 0) is 24.5 Å². The summed E-state index contributed by atoms with van der Waals surface area (Å²) in [6.07, 6.45) is 2.23. The van der Waals surface area contributed by atoms with E-state index < -0.39 is 0 Å². The maximum absolute atomic E-state index is 8.93. The first-order valence-electron chi connectivity index (χ1n) is 4.78. The number of benzene rings is 1. The van der Waals surface area contributed by atoms with Crippen LogP contribution in [0.1, 0.15) is 17.7 Å². The smallest absolute Gasteiger partial charge is 0.170 e. The summed E-state index contributed by atoms with van der Waals surface area (Å²) in [6, 6.07) is 8.26. The lowest BCUT2D eigenvalue weighted by Crippen LogP contribution is -2.08. The summed E-state index contributed by atoms with van der Waals surface area (Å²) in [5.41, 5.74) is 3.04. The second kappa shape index (κ2) is 2.58. The summed E-state index contributed by atoms with van der Waals surface area (Å²) in [4.78, 5) is 0. The monoisotopic (exact) mass is 183 g/mol. The van der Waals surface area contributed by atoms with Gasteiger partial charge in [0, 0.05) is 11.9 Å². The van der Waals surface area contributed by atoms with Crippen molar-refractivity contribution in [1.29, 1.82) is 5.26 Å². The summed E-state index contributed by atoms with van der Waals surface area (Å²) in [6.45, 7) is 0.940. The van der Waals surface area contributed by atoms with Crippen molar-refractivity contribution in [1.82, 2.24) is 9.78 Å². The quantitative estimate of drug-likeness (QED) is 0.625. The second-order valence-electron chi connectivity index (χ2n) is 3.60. The molecule has 0 amide bonds. The molecular weight excluding hydrogens is 174 g/mol. The molecule has 14 heavy (non-hydrogen) atoms. The highest BCUT2D eigenvalue weighted by Gasteiger charge is 2.16. The van der Waals surface area contributed by atoms with E-state index >= 15 is 0 Å². The Morgan fingerprint density at radius 3 is 3.21 bits per heavy atom. The molecule has 0 fully saturated rings. The summed E-state index contributed by atoms with van der Waals surface area (Å²) in [7, 11) is 0. The molecule has 2 aromatic rings. The van der Waals surface area contributed by atoms with E-state index in [0.29, 0.717) is 5.69 Å². The van der Waals surface area contributed by atoms with Crippen LogP contribution in [0, 0.1) is 11.3 Å². The molecular formula is C11H9N3. The van der Waals surface area contributed by atoms with Crippen LogP contribution in [0.5, 0.6) is 0 Å². The van der Waals surface area contributed by atoms with E-state index in [1.54, 1.807) is 0 Å². The fourth-order valence-electron chi connectivity index (χ4n) is 2.18. The molecule has 0 aliphatic carbocycles. The number of para-hydroxylation sites is 1. The highest BCUT2D eigenvalue weighted by atomic mass is 15.3. The predicted octanol–water partition coefficient (Wildman–Crippen LogP) is 1.85. The molecule has 0 saturated heterocycles. The van der Waals surface area contributed by atoms with Crippen LogP contribution >= 0.6 is 0 Å². The third kappa shape index (κ3) is 0.828. The molecule has 0 bridgehead atoms. The van der Waals surface area contributed by atoms with Gasteiger partial charge in [-0.1, -0.05) is 12.1 Å². The van der Waals surface area contributed by atoms with Gasteiger partial charge in [0.1, 0.15) is 6.07 Å². The van der Waals surface area contributed by atoms with Crippen molar-refractivity contribution >= 4 is 10.9 Å². The van der Waals surface area contributed by atoms with Gasteiger partial charge in [-0.15, -0.1) is 0 Å². The minimum atomic E-state index is 0.559. The second-order valence-corrected chi connectivity index (χ2v) is 3.60. The Labute approximate surface area is 81.6 Å². The lowest BCUT2D eigenvalue weighted by atomic mass is 10.0. The predicted molar refractivity (Wildman–Crippen MR) is 52.8 cm³/mol. The van der Waals surface area contributed by atoms with E-state index in [1.807, 2.05) is 16.8 Å². The normalized spacial score (nSPS) is 14.2. The van der Waals surface area contributed by atoms with Gasteiger partial charge in [0.2, 0.25) is 0 Å². The van der Waals surface area contributed by atoms with Crippen LogP contribution in [-0.2, 0) is 13.0 Å². The molecule has 0 spiro atoms. The lowest BCUT2D eigenvalue weighted by molar-refractivity contribution is 0.572. The fourth-order valence-corrected chi connectivity index (χ4v) is 2.18. The van der Waals surface area contributed by atoms with Crippen molar-refractivity contribution < 1.29 is 0 Å². The average molecular weight is 183 g/mol. The Morgan fingerprint density at radius 2 is 2.36 bits per heavy atom. The molecule has 0 unspecified atom stereocenters. The van der Waals surface area contributed by atoms with Crippen LogP contribution in [-0.4, -0.2) is 9.78 Å². The van der Waals surface area contributed by atoms with Gasteiger partial charge in [0.15, 0.2) is 5.69 Å².